The number of thioether (sulfide) groups is 1. The third-order valence-electron chi connectivity index (χ3n) is 2.40. The Hall–Kier alpha value is -1.83. The van der Waals surface area contributed by atoms with E-state index in [0.717, 1.165) is 17.8 Å². The van der Waals surface area contributed by atoms with Crippen LogP contribution in [0.2, 0.25) is 10.0 Å². The summed E-state index contributed by atoms with van der Waals surface area (Å²) in [7, 11) is 1.23. The first kappa shape index (κ1) is 16.5. The summed E-state index contributed by atoms with van der Waals surface area (Å²) < 4.78 is 4.45. The van der Waals surface area contributed by atoms with Crippen molar-refractivity contribution in [3.05, 3.63) is 44.8 Å². The minimum absolute atomic E-state index is 0.190. The Balaban J connectivity index is 2.06. The summed E-state index contributed by atoms with van der Waals surface area (Å²) in [4.78, 5) is 22.9. The molecule has 0 spiro atoms. The number of benzene rings is 1. The van der Waals surface area contributed by atoms with Crippen molar-refractivity contribution in [1.82, 2.24) is 5.32 Å². The maximum absolute atomic E-state index is 11.6. The van der Waals surface area contributed by atoms with Gasteiger partial charge in [0.1, 0.15) is 0 Å². The highest BCUT2D eigenvalue weighted by Gasteiger charge is 2.24. The molecule has 0 radical (unpaired) electrons. The summed E-state index contributed by atoms with van der Waals surface area (Å²) in [6.45, 7) is 0. The average molecular weight is 358 g/mol. The molecule has 1 heterocycles. The fourth-order valence-corrected chi connectivity index (χ4v) is 2.43. The van der Waals surface area contributed by atoms with Crippen LogP contribution in [0, 0.1) is 0 Å². The predicted octanol–water partition coefficient (Wildman–Crippen LogP) is 2.60. The molecular formula is C13H9Cl2N3O3S. The van der Waals surface area contributed by atoms with Crippen LogP contribution in [0.15, 0.2) is 39.4 Å². The lowest BCUT2D eigenvalue weighted by Crippen LogP contribution is -2.19. The molecule has 1 amide bonds. The number of nitrogens with one attached hydrogen (secondary N) is 1. The third kappa shape index (κ3) is 4.33. The Morgan fingerprint density at radius 2 is 2.14 bits per heavy atom. The molecule has 0 aromatic heterocycles. The molecule has 1 fully saturated rings. The van der Waals surface area contributed by atoms with Gasteiger partial charge in [-0.2, -0.15) is 5.10 Å². The molecule has 0 unspecified atom stereocenters. The quantitative estimate of drug-likeness (QED) is 0.390. The van der Waals surface area contributed by atoms with E-state index in [-0.39, 0.29) is 10.1 Å². The number of amidine groups is 1. The lowest BCUT2D eigenvalue weighted by molar-refractivity contribution is -0.135. The molecule has 6 nitrogen and oxygen atoms in total. The summed E-state index contributed by atoms with van der Waals surface area (Å²) in [6.07, 6.45) is 2.55. The Kier molecular flexibility index (Phi) is 5.59. The number of carbonyl (C=O) groups excluding carboxylic acids is 2. The largest absolute Gasteiger partial charge is 0.466 e. The Bertz CT molecular complexity index is 716. The van der Waals surface area contributed by atoms with E-state index in [1.807, 2.05) is 0 Å². The lowest BCUT2D eigenvalue weighted by atomic mass is 10.2. The standard InChI is InChI=1S/C13H9Cl2N3O3S/c1-21-11(19)5-10-12(20)17-13(22-10)18-16-6-7-2-3-8(14)9(15)4-7/h2-6H,1H3,(H,17,18,20)/b10-5+,16-6?. The van der Waals surface area contributed by atoms with Crippen LogP contribution in [0.4, 0.5) is 0 Å². The van der Waals surface area contributed by atoms with Crippen LogP contribution in [-0.4, -0.2) is 30.4 Å². The number of hydrogen-bond donors (Lipinski definition) is 1. The number of halogens is 2. The number of nitrogens with zero attached hydrogens (tertiary/aromatic N) is 2. The monoisotopic (exact) mass is 357 g/mol. The van der Waals surface area contributed by atoms with Crippen molar-refractivity contribution in [3.63, 3.8) is 0 Å². The average Bonchev–Trinajstić information content (AvgIpc) is 2.83. The molecule has 114 valence electrons. The van der Waals surface area contributed by atoms with Gasteiger partial charge in [-0.05, 0) is 29.5 Å². The van der Waals surface area contributed by atoms with Gasteiger partial charge in [0.15, 0.2) is 5.17 Å². The van der Waals surface area contributed by atoms with Crippen LogP contribution in [0.3, 0.4) is 0 Å². The molecule has 1 aliphatic rings. The molecule has 0 saturated carbocycles. The molecule has 22 heavy (non-hydrogen) atoms. The van der Waals surface area contributed by atoms with Gasteiger partial charge in [-0.1, -0.05) is 29.3 Å². The molecule has 0 bridgehead atoms. The van der Waals surface area contributed by atoms with Gasteiger partial charge in [-0.3, -0.25) is 10.1 Å². The number of rotatable bonds is 3. The van der Waals surface area contributed by atoms with Crippen LogP contribution in [-0.2, 0) is 14.3 Å². The van der Waals surface area contributed by atoms with Crippen molar-refractivity contribution in [2.45, 2.75) is 0 Å². The highest BCUT2D eigenvalue weighted by molar-refractivity contribution is 8.18. The first-order chi connectivity index (χ1) is 10.5. The zero-order valence-electron chi connectivity index (χ0n) is 11.2. The number of ether oxygens (including phenoxy) is 1. The minimum Gasteiger partial charge on any atom is -0.466 e. The summed E-state index contributed by atoms with van der Waals surface area (Å²) in [5, 5.41) is 11.3. The van der Waals surface area contributed by atoms with Crippen molar-refractivity contribution in [3.8, 4) is 0 Å². The summed E-state index contributed by atoms with van der Waals surface area (Å²) >= 11 is 12.7. The van der Waals surface area contributed by atoms with Gasteiger partial charge in [-0.15, -0.1) is 5.10 Å². The highest BCUT2D eigenvalue weighted by Crippen LogP contribution is 2.24. The molecular weight excluding hydrogens is 349 g/mol. The number of hydrogen-bond acceptors (Lipinski definition) is 6. The van der Waals surface area contributed by atoms with Gasteiger partial charge in [0, 0.05) is 6.08 Å². The predicted molar refractivity (Wildman–Crippen MR) is 87.3 cm³/mol. The zero-order valence-corrected chi connectivity index (χ0v) is 13.5. The van der Waals surface area contributed by atoms with Gasteiger partial charge >= 0.3 is 5.97 Å². The van der Waals surface area contributed by atoms with Gasteiger partial charge in [0.25, 0.3) is 5.91 Å². The molecule has 1 N–H and O–H groups in total. The second kappa shape index (κ2) is 7.44. The van der Waals surface area contributed by atoms with Gasteiger partial charge < -0.3 is 4.74 Å². The fraction of sp³-hybridized carbons (Fsp3) is 0.0769. The van der Waals surface area contributed by atoms with Gasteiger partial charge in [0.05, 0.1) is 28.3 Å². The van der Waals surface area contributed by atoms with E-state index in [0.29, 0.717) is 15.6 Å². The van der Waals surface area contributed by atoms with Gasteiger partial charge in [-0.25, -0.2) is 4.79 Å². The molecule has 1 aromatic rings. The topological polar surface area (TPSA) is 80.1 Å². The minimum atomic E-state index is -0.613. The second-order valence-corrected chi connectivity index (χ2v) is 5.76. The lowest BCUT2D eigenvalue weighted by Gasteiger charge is -1.96. The van der Waals surface area contributed by atoms with Crippen molar-refractivity contribution >= 4 is 58.2 Å². The van der Waals surface area contributed by atoms with E-state index in [9.17, 15) is 9.59 Å². The first-order valence-electron chi connectivity index (χ1n) is 5.84. The van der Waals surface area contributed by atoms with Crippen molar-refractivity contribution in [2.75, 3.05) is 7.11 Å². The molecule has 0 atom stereocenters. The molecule has 1 saturated heterocycles. The molecule has 1 aromatic carbocycles. The van der Waals surface area contributed by atoms with E-state index < -0.39 is 11.9 Å². The number of esters is 1. The molecule has 2 rings (SSSR count). The van der Waals surface area contributed by atoms with Crippen LogP contribution in [0.25, 0.3) is 0 Å². The number of amides is 1. The van der Waals surface area contributed by atoms with Crippen molar-refractivity contribution in [1.29, 1.82) is 0 Å². The zero-order chi connectivity index (χ0) is 16.1. The van der Waals surface area contributed by atoms with Crippen LogP contribution >= 0.6 is 35.0 Å². The molecule has 9 heteroatoms. The highest BCUT2D eigenvalue weighted by atomic mass is 35.5. The maximum Gasteiger partial charge on any atom is 0.331 e. The maximum atomic E-state index is 11.6. The Morgan fingerprint density at radius 3 is 2.82 bits per heavy atom. The fourth-order valence-electron chi connectivity index (χ4n) is 1.38. The van der Waals surface area contributed by atoms with Gasteiger partial charge in [0.2, 0.25) is 0 Å². The SMILES string of the molecule is COC(=O)/C=C1/S/C(=N\N=Cc2ccc(Cl)c(Cl)c2)NC1=O. The number of methoxy groups -OCH3 is 1. The molecule has 1 aliphatic heterocycles. The van der Waals surface area contributed by atoms with E-state index in [4.69, 9.17) is 23.2 Å². The van der Waals surface area contributed by atoms with Crippen LogP contribution in [0.1, 0.15) is 5.56 Å². The first-order valence-corrected chi connectivity index (χ1v) is 7.42. The summed E-state index contributed by atoms with van der Waals surface area (Å²) in [5.74, 6) is -1.04. The van der Waals surface area contributed by atoms with E-state index in [2.05, 4.69) is 20.3 Å². The van der Waals surface area contributed by atoms with Crippen molar-refractivity contribution < 1.29 is 14.3 Å². The third-order valence-corrected chi connectivity index (χ3v) is 4.04. The summed E-state index contributed by atoms with van der Waals surface area (Å²) in [5.41, 5.74) is 0.707. The second-order valence-electron chi connectivity index (χ2n) is 3.91. The van der Waals surface area contributed by atoms with Crippen LogP contribution < -0.4 is 5.32 Å². The van der Waals surface area contributed by atoms with E-state index in [1.54, 1.807) is 18.2 Å². The van der Waals surface area contributed by atoms with E-state index >= 15 is 0 Å². The Morgan fingerprint density at radius 1 is 1.36 bits per heavy atom. The smallest absolute Gasteiger partial charge is 0.331 e. The summed E-state index contributed by atoms with van der Waals surface area (Å²) in [6, 6.07) is 5.00. The molecule has 0 aliphatic carbocycles. The number of carbonyl (C=O) groups is 2. The van der Waals surface area contributed by atoms with Crippen molar-refractivity contribution in [2.24, 2.45) is 10.2 Å². The normalized spacial score (nSPS) is 18.2. The Labute approximate surface area is 140 Å². The van der Waals surface area contributed by atoms with E-state index in [1.165, 1.54) is 13.3 Å². The van der Waals surface area contributed by atoms with Crippen LogP contribution in [0.5, 0.6) is 0 Å².